The molecule has 0 bridgehead atoms. The van der Waals surface area contributed by atoms with Crippen LogP contribution in [0.3, 0.4) is 0 Å². The molecule has 1 aromatic heterocycles. The van der Waals surface area contributed by atoms with Gasteiger partial charge >= 0.3 is 0 Å². The zero-order valence-corrected chi connectivity index (χ0v) is 18.9. The van der Waals surface area contributed by atoms with Gasteiger partial charge in [-0.3, -0.25) is 19.6 Å². The van der Waals surface area contributed by atoms with Crippen LogP contribution >= 0.6 is 0 Å². The summed E-state index contributed by atoms with van der Waals surface area (Å²) in [5, 5.41) is 3.22. The van der Waals surface area contributed by atoms with Gasteiger partial charge in [0.15, 0.2) is 0 Å². The summed E-state index contributed by atoms with van der Waals surface area (Å²) in [6.45, 7) is 6.25. The molecule has 0 aromatic carbocycles. The van der Waals surface area contributed by atoms with Gasteiger partial charge in [0.2, 0.25) is 5.91 Å². The van der Waals surface area contributed by atoms with Crippen molar-refractivity contribution in [3.63, 3.8) is 0 Å². The minimum atomic E-state index is 0.0735. The third-order valence-electron chi connectivity index (χ3n) is 9.42. The molecule has 3 fully saturated rings. The molecule has 31 heavy (non-hydrogen) atoms. The molecule has 0 spiro atoms. The Kier molecular flexibility index (Phi) is 5.26. The number of aromatic nitrogens is 1. The number of nitrogens with zero attached hydrogens (tertiary/aromatic N) is 2. The third kappa shape index (κ3) is 3.44. The van der Waals surface area contributed by atoms with Gasteiger partial charge in [0, 0.05) is 61.3 Å². The van der Waals surface area contributed by atoms with Crippen LogP contribution in [0.25, 0.3) is 0 Å². The molecule has 5 nitrogen and oxygen atoms in total. The van der Waals surface area contributed by atoms with Crippen LogP contribution in [0.4, 0.5) is 0 Å². The van der Waals surface area contributed by atoms with Gasteiger partial charge in [-0.05, 0) is 67.4 Å². The SMILES string of the molecule is C[C@]12CCC(=O)CC1=NC[C@@H]1[C@H]2CC[C@]2(C)C(C(=O)NCCc3ccccn3)CC[C@@H]12. The van der Waals surface area contributed by atoms with Crippen LogP contribution in [-0.2, 0) is 16.0 Å². The number of pyridine rings is 1. The minimum Gasteiger partial charge on any atom is -0.355 e. The summed E-state index contributed by atoms with van der Waals surface area (Å²) in [6.07, 6.45) is 9.24. The van der Waals surface area contributed by atoms with Gasteiger partial charge in [-0.15, -0.1) is 0 Å². The van der Waals surface area contributed by atoms with Crippen molar-refractivity contribution in [3.05, 3.63) is 30.1 Å². The van der Waals surface area contributed by atoms with Gasteiger partial charge in [-0.2, -0.15) is 0 Å². The molecule has 0 saturated heterocycles. The van der Waals surface area contributed by atoms with Crippen LogP contribution in [0, 0.1) is 34.5 Å². The zero-order valence-electron chi connectivity index (χ0n) is 18.9. The molecular weight excluding hydrogens is 386 g/mol. The molecule has 5 heteroatoms. The maximum Gasteiger partial charge on any atom is 0.223 e. The normalized spacial score (nSPS) is 39.2. The lowest BCUT2D eigenvalue weighted by atomic mass is 9.49. The predicted molar refractivity (Wildman–Crippen MR) is 121 cm³/mol. The first-order valence-electron chi connectivity index (χ1n) is 12.1. The van der Waals surface area contributed by atoms with E-state index in [0.717, 1.165) is 44.3 Å². The standard InChI is InChI=1S/C26H35N3O2/c1-25-12-9-21-19(16-29-23-15-18(30)8-11-26(21,23)2)20(25)6-7-22(25)24(31)28-14-10-17-5-3-4-13-27-17/h3-5,13,19-22H,6-12,14-16H2,1-2H3,(H,28,31)/t19-,20-,21+,22?,25-,26+/m0/s1. The quantitative estimate of drug-likeness (QED) is 0.798. The Balaban J connectivity index is 1.27. The lowest BCUT2D eigenvalue weighted by Crippen LogP contribution is -2.55. The Hall–Kier alpha value is -2.04. The van der Waals surface area contributed by atoms with Crippen molar-refractivity contribution < 1.29 is 9.59 Å². The number of ketones is 1. The second-order valence-electron chi connectivity index (χ2n) is 10.8. The Labute approximate surface area is 185 Å². The fourth-order valence-corrected chi connectivity index (χ4v) is 7.62. The van der Waals surface area contributed by atoms with Gasteiger partial charge in [0.1, 0.15) is 5.78 Å². The number of fused-ring (bicyclic) bond motifs is 5. The first-order chi connectivity index (χ1) is 14.9. The van der Waals surface area contributed by atoms with Crippen molar-refractivity contribution >= 4 is 17.4 Å². The molecule has 3 aliphatic carbocycles. The van der Waals surface area contributed by atoms with E-state index in [1.165, 1.54) is 12.1 Å². The largest absolute Gasteiger partial charge is 0.355 e. The number of rotatable bonds is 4. The number of nitrogens with one attached hydrogen (secondary N) is 1. The second kappa shape index (κ2) is 7.83. The summed E-state index contributed by atoms with van der Waals surface area (Å²) in [6, 6.07) is 5.92. The van der Waals surface area contributed by atoms with Crippen molar-refractivity contribution in [2.45, 2.75) is 65.2 Å². The van der Waals surface area contributed by atoms with Crippen molar-refractivity contribution in [1.29, 1.82) is 0 Å². The summed E-state index contributed by atoms with van der Waals surface area (Å²) in [4.78, 5) is 34.6. The molecule has 4 aliphatic rings. The highest BCUT2D eigenvalue weighted by molar-refractivity contribution is 6.07. The van der Waals surface area contributed by atoms with Crippen LogP contribution in [-0.4, -0.2) is 35.5 Å². The average Bonchev–Trinajstić information content (AvgIpc) is 3.12. The summed E-state index contributed by atoms with van der Waals surface area (Å²) < 4.78 is 0. The number of hydrogen-bond donors (Lipinski definition) is 1. The van der Waals surface area contributed by atoms with Crippen molar-refractivity contribution in [1.82, 2.24) is 10.3 Å². The van der Waals surface area contributed by atoms with Gasteiger partial charge in [-0.1, -0.05) is 19.9 Å². The van der Waals surface area contributed by atoms with E-state index >= 15 is 0 Å². The van der Waals surface area contributed by atoms with Crippen LogP contribution in [0.5, 0.6) is 0 Å². The first-order valence-corrected chi connectivity index (χ1v) is 12.1. The van der Waals surface area contributed by atoms with Crippen LogP contribution < -0.4 is 5.32 Å². The Bertz CT molecular complexity index is 897. The molecule has 166 valence electrons. The number of carbonyl (C=O) groups is 2. The fraction of sp³-hybridized carbons (Fsp3) is 0.692. The van der Waals surface area contributed by atoms with Crippen LogP contribution in [0.15, 0.2) is 29.4 Å². The van der Waals surface area contributed by atoms with Gasteiger partial charge in [0.05, 0.1) is 0 Å². The summed E-state index contributed by atoms with van der Waals surface area (Å²) in [7, 11) is 0. The summed E-state index contributed by atoms with van der Waals surface area (Å²) in [5.74, 6) is 2.45. The molecule has 5 rings (SSSR count). The first kappa shape index (κ1) is 20.8. The molecule has 1 amide bonds. The van der Waals surface area contributed by atoms with Gasteiger partial charge in [0.25, 0.3) is 0 Å². The smallest absolute Gasteiger partial charge is 0.223 e. The maximum atomic E-state index is 13.2. The molecule has 6 atom stereocenters. The minimum absolute atomic E-state index is 0.0735. The Morgan fingerprint density at radius 1 is 1.16 bits per heavy atom. The van der Waals surface area contributed by atoms with Crippen LogP contribution in [0.1, 0.15) is 64.5 Å². The van der Waals surface area contributed by atoms with Crippen molar-refractivity contribution in [2.75, 3.05) is 13.1 Å². The van der Waals surface area contributed by atoms with Crippen LogP contribution in [0.2, 0.25) is 0 Å². The van der Waals surface area contributed by atoms with E-state index in [2.05, 4.69) is 24.1 Å². The summed E-state index contributed by atoms with van der Waals surface area (Å²) >= 11 is 0. The fourth-order valence-electron chi connectivity index (χ4n) is 7.62. The molecule has 1 aliphatic heterocycles. The number of Topliss-reactive ketones (excluding diaryl/α,β-unsaturated/α-hetero) is 1. The monoisotopic (exact) mass is 421 g/mol. The summed E-state index contributed by atoms with van der Waals surface area (Å²) in [5.41, 5.74) is 2.37. The van der Waals surface area contributed by atoms with E-state index in [1.54, 1.807) is 6.20 Å². The van der Waals surface area contributed by atoms with Crippen molar-refractivity contribution in [3.8, 4) is 0 Å². The number of hydrogen-bond acceptors (Lipinski definition) is 4. The maximum absolute atomic E-state index is 13.2. The second-order valence-corrected chi connectivity index (χ2v) is 10.8. The number of aliphatic imine (C=N–C) groups is 1. The van der Waals surface area contributed by atoms with E-state index in [9.17, 15) is 9.59 Å². The molecule has 3 saturated carbocycles. The third-order valence-corrected chi connectivity index (χ3v) is 9.42. The lowest BCUT2D eigenvalue weighted by molar-refractivity contribution is -0.131. The Morgan fingerprint density at radius 3 is 2.84 bits per heavy atom. The predicted octanol–water partition coefficient (Wildman–Crippen LogP) is 4.01. The highest BCUT2D eigenvalue weighted by Crippen LogP contribution is 2.63. The number of carbonyl (C=O) groups excluding carboxylic acids is 2. The molecular formula is C26H35N3O2. The van der Waals surface area contributed by atoms with Crippen molar-refractivity contribution in [2.24, 2.45) is 39.5 Å². The lowest BCUT2D eigenvalue weighted by Gasteiger charge is -2.56. The highest BCUT2D eigenvalue weighted by Gasteiger charge is 2.60. The molecule has 1 aromatic rings. The highest BCUT2D eigenvalue weighted by atomic mass is 16.2. The van der Waals surface area contributed by atoms with E-state index in [4.69, 9.17) is 4.99 Å². The van der Waals surface area contributed by atoms with Gasteiger partial charge in [-0.25, -0.2) is 0 Å². The van der Waals surface area contributed by atoms with E-state index < -0.39 is 0 Å². The van der Waals surface area contributed by atoms with E-state index in [0.29, 0.717) is 42.9 Å². The molecule has 2 heterocycles. The average molecular weight is 422 g/mol. The molecule has 1 unspecified atom stereocenters. The molecule has 1 N–H and O–H groups in total. The number of amides is 1. The zero-order chi connectivity index (χ0) is 21.6. The Morgan fingerprint density at radius 2 is 2.03 bits per heavy atom. The molecule has 0 radical (unpaired) electrons. The van der Waals surface area contributed by atoms with E-state index in [-0.39, 0.29) is 22.7 Å². The topological polar surface area (TPSA) is 71.4 Å². The van der Waals surface area contributed by atoms with E-state index in [1.807, 2.05) is 18.2 Å². The van der Waals surface area contributed by atoms with Gasteiger partial charge < -0.3 is 5.32 Å².